The Morgan fingerprint density at radius 3 is 1.01 bits per heavy atom. The summed E-state index contributed by atoms with van der Waals surface area (Å²) in [6.45, 7) is 28.1. The molecule has 21 nitrogen and oxygen atoms in total. The van der Waals surface area contributed by atoms with E-state index < -0.39 is 5.82 Å². The summed E-state index contributed by atoms with van der Waals surface area (Å²) in [7, 11) is 0. The number of amides is 6. The van der Waals surface area contributed by atoms with E-state index in [-0.39, 0.29) is 53.6 Å². The number of nitrogens with one attached hydrogen (secondary N) is 1. The van der Waals surface area contributed by atoms with Crippen molar-refractivity contribution in [3.8, 4) is 5.75 Å². The molecule has 0 unspecified atom stereocenters. The molecule has 6 saturated carbocycles. The molecule has 144 heavy (non-hydrogen) atoms. The van der Waals surface area contributed by atoms with Crippen molar-refractivity contribution in [3.63, 3.8) is 0 Å². The highest BCUT2D eigenvalue weighted by Crippen LogP contribution is 2.37. The Labute approximate surface area is 870 Å². The highest BCUT2D eigenvalue weighted by Gasteiger charge is 2.34. The summed E-state index contributed by atoms with van der Waals surface area (Å²) in [6.07, 6.45) is 42.6. The van der Waals surface area contributed by atoms with Gasteiger partial charge in [0.05, 0.1) is 39.3 Å². The van der Waals surface area contributed by atoms with E-state index in [9.17, 15) is 42.7 Å². The Bertz CT molecular complexity index is 5950. The molecule has 0 atom stereocenters. The number of rotatable bonds is 34. The summed E-state index contributed by atoms with van der Waals surface area (Å²) in [5.74, 6) is 3.36. The number of phenolic OH excluding ortho intramolecular Hbond substituents is 1. The molecule has 2 N–H and O–H groups in total. The Morgan fingerprint density at radius 1 is 0.347 bits per heavy atom. The molecule has 0 spiro atoms. The molecule has 0 radical (unpaired) electrons. The van der Waals surface area contributed by atoms with Crippen molar-refractivity contribution in [2.24, 2.45) is 60.5 Å². The van der Waals surface area contributed by atoms with Crippen LogP contribution < -0.4 is 0 Å². The molecular weight excluding hydrogens is 1890 g/mol. The first-order valence-corrected chi connectivity index (χ1v) is 53.6. The number of aromatic hydroxyl groups is 1. The zero-order valence-electron chi connectivity index (χ0n) is 84.7. The molecule has 27 heteroatoms. The molecule has 11 aliphatic rings. The number of hydrogen-bond donors (Lipinski definition) is 2. The number of aromatic nitrogens is 2. The van der Waals surface area contributed by atoms with Gasteiger partial charge < -0.3 is 34.5 Å². The second kappa shape index (κ2) is 55.9. The van der Waals surface area contributed by atoms with Gasteiger partial charge in [-0.3, -0.25) is 58.8 Å². The summed E-state index contributed by atoms with van der Waals surface area (Å²) in [5.41, 5.74) is 15.0. The third-order valence-corrected chi connectivity index (χ3v) is 30.9. The van der Waals surface area contributed by atoms with Crippen molar-refractivity contribution in [1.29, 1.82) is 0 Å². The third-order valence-electron chi connectivity index (χ3n) is 29.5. The number of carbonyl (C=O) groups excluding carboxylic acids is 6. The first-order chi connectivity index (χ1) is 69.6. The normalized spacial score (nSPS) is 17.1. The van der Waals surface area contributed by atoms with Gasteiger partial charge in [0.15, 0.2) is 5.69 Å². The van der Waals surface area contributed by atoms with Gasteiger partial charge in [0.2, 0.25) is 0 Å². The largest absolute Gasteiger partial charge is 0.508 e. The van der Waals surface area contributed by atoms with Crippen LogP contribution in [-0.2, 0) is 63.2 Å². The molecule has 6 aromatic carbocycles. The van der Waals surface area contributed by atoms with Crippen LogP contribution >= 0.6 is 46.4 Å². The Hall–Kier alpha value is -11.3. The van der Waals surface area contributed by atoms with E-state index in [0.29, 0.717) is 145 Å². The van der Waals surface area contributed by atoms with Crippen LogP contribution in [-0.4, -0.2) is 181 Å². The maximum absolute atomic E-state index is 14.1. The van der Waals surface area contributed by atoms with Crippen LogP contribution in [0.15, 0.2) is 223 Å². The molecule has 18 rings (SSSR count). The number of nitrogens with zero attached hydrogens (tertiary/aromatic N) is 13. The van der Waals surface area contributed by atoms with E-state index >= 15 is 0 Å². The average Bonchev–Trinajstić information content (AvgIpc) is 1.55. The van der Waals surface area contributed by atoms with E-state index in [1.165, 1.54) is 160 Å². The second-order valence-corrected chi connectivity index (χ2v) is 42.2. The predicted molar refractivity (Wildman–Crippen MR) is 578 cm³/mol. The van der Waals surface area contributed by atoms with Crippen molar-refractivity contribution in [1.82, 2.24) is 39.6 Å². The van der Waals surface area contributed by atoms with Gasteiger partial charge in [0.1, 0.15) is 23.1 Å². The van der Waals surface area contributed by atoms with E-state index in [1.54, 1.807) is 28.0 Å². The van der Waals surface area contributed by atoms with Crippen LogP contribution in [0.2, 0.25) is 20.1 Å². The fourth-order valence-electron chi connectivity index (χ4n) is 20.5. The average molecular weight is 2040 g/mol. The lowest BCUT2D eigenvalue weighted by atomic mass is 9.85. The van der Waals surface area contributed by atoms with Gasteiger partial charge in [-0.2, -0.15) is 5.10 Å². The number of H-pyrrole nitrogens is 1. The van der Waals surface area contributed by atoms with Crippen LogP contribution in [0.3, 0.4) is 0 Å². The summed E-state index contributed by atoms with van der Waals surface area (Å²) < 4.78 is 28.1. The minimum absolute atomic E-state index is 0.00292. The van der Waals surface area contributed by atoms with Gasteiger partial charge in [0.25, 0.3) is 35.4 Å². The fourth-order valence-corrected chi connectivity index (χ4v) is 21.4. The van der Waals surface area contributed by atoms with Crippen molar-refractivity contribution in [2.45, 2.75) is 254 Å². The zero-order chi connectivity index (χ0) is 102. The van der Waals surface area contributed by atoms with Crippen LogP contribution in [0.1, 0.15) is 258 Å². The molecule has 6 heterocycles. The molecule has 1 aromatic heterocycles. The third kappa shape index (κ3) is 33.4. The lowest BCUT2D eigenvalue weighted by molar-refractivity contribution is -0.129. The molecule has 6 fully saturated rings. The monoisotopic (exact) mass is 2030 g/mol. The Kier molecular flexibility index (Phi) is 42.6. The van der Waals surface area contributed by atoms with Crippen LogP contribution in [0.25, 0.3) is 4.85 Å². The quantitative estimate of drug-likeness (QED) is 0.0367. The SMILES string of the molecule is CC1=NCC(C(=O)N(CCC2CCCC2)Cc2c(Cl)cccc2Cl)=C1.CC1=NCC(C(=O)N(CCC2CCCC2)Cc2ccc(O)cc2F)=C1.CC1=NCC(C(=O)N(CCC2CCCC2)Cc2ccccc2F)=C1.CC1=NCC(C(=O)N(Cc2ccccc2Cl)CC2CCC2)=C1.Cc1cc(C(=O)N(CCC2CCCCC2)Cc2ccccc2Cl)n[nH]1.[C-]#[N+]c1ccccc1CN(CC1CCC1)C(=O)C1=CC(C)=NC1. The number of carbonyl (C=O) groups is 6. The maximum atomic E-state index is 14.1. The standard InChI is InChI=1S/C20H24Cl2N2O.C20H26ClN3O.C20H25FN2O2.C20H25FN2O.C19H21N3O.C18H21ClN2O/c1-14-11-16(12-23-14)20(25)24(10-9-15-5-2-3-6-15)13-17-18(21)7-4-8-19(17)22;1-15-13-19(23-22-15)20(25)24(12-11-16-7-3-2-4-8-16)14-17-9-5-6-10-18(17)21;1-14-10-17(12-22-14)20(25)23(9-8-15-4-2-3-5-15)13-16-6-7-18(24)11-19(16)21;1-15-12-18(13-22-15)20(24)23(11-10-16-6-2-3-7-16)14-17-8-4-5-9-19(17)21;1-14-10-17(11-21-14)19(23)22(12-15-6-5-7-15)13-16-8-3-4-9-18(16)20-2;1-13-9-16(10-20-13)18(22)21(11-14-5-4-6-14)12-15-7-2-3-8-17(15)19/h4,7-8,11,15H,2-3,5-6,9-10,12-13H2,1H3;5-6,9-10,13,16H,2-4,7-8,11-12,14H2,1H3,(H,22,23);6-7,10-11,15,24H,2-5,8-9,12-13H2,1H3;4-5,8-9,12,16H,2-3,6-7,10-11,13-14H2,1H3;3-4,8-10,15H,5-7,11-13H2,1H3;2-3,7-9,14H,4-6,10-12H2,1H3. The molecule has 5 aliphatic heterocycles. The van der Waals surface area contributed by atoms with Gasteiger partial charge in [-0.05, 0) is 218 Å². The van der Waals surface area contributed by atoms with Crippen LogP contribution in [0.4, 0.5) is 14.5 Å². The fraction of sp³-hybridized carbons (Fsp3) is 0.479. The molecule has 764 valence electrons. The molecule has 6 aliphatic carbocycles. The van der Waals surface area contributed by atoms with E-state index in [2.05, 4.69) is 40.0 Å². The minimum Gasteiger partial charge on any atom is -0.508 e. The maximum Gasteiger partial charge on any atom is 0.274 e. The van der Waals surface area contributed by atoms with Gasteiger partial charge >= 0.3 is 0 Å². The van der Waals surface area contributed by atoms with Gasteiger partial charge in [0, 0.05) is 184 Å². The van der Waals surface area contributed by atoms with Crippen LogP contribution in [0, 0.1) is 60.6 Å². The Balaban J connectivity index is 0.000000145. The molecule has 0 bridgehead atoms. The lowest BCUT2D eigenvalue weighted by Gasteiger charge is -2.33. The summed E-state index contributed by atoms with van der Waals surface area (Å²) >= 11 is 25.2. The number of benzene rings is 6. The molecule has 6 amide bonds. The van der Waals surface area contributed by atoms with Gasteiger partial charge in [-0.15, -0.1) is 0 Å². The van der Waals surface area contributed by atoms with Crippen molar-refractivity contribution in [3.05, 3.63) is 286 Å². The number of allylic oxidation sites excluding steroid dienone is 5. The first-order valence-electron chi connectivity index (χ1n) is 52.1. The lowest BCUT2D eigenvalue weighted by Crippen LogP contribution is -2.38. The van der Waals surface area contributed by atoms with Gasteiger partial charge in [-0.25, -0.2) is 13.6 Å². The highest BCUT2D eigenvalue weighted by atomic mass is 35.5. The Morgan fingerprint density at radius 2 is 0.660 bits per heavy atom. The number of aromatic amines is 1. The zero-order valence-corrected chi connectivity index (χ0v) is 87.7. The molecule has 7 aromatic rings. The first kappa shape index (κ1) is 110. The van der Waals surface area contributed by atoms with Crippen LogP contribution in [0.5, 0.6) is 5.75 Å². The number of phenols is 1. The summed E-state index contributed by atoms with van der Waals surface area (Å²) in [5, 5.41) is 19.0. The number of para-hydroxylation sites is 1. The number of aliphatic imine (C=N–C) groups is 5. The number of hydrogen-bond acceptors (Lipinski definition) is 13. The van der Waals surface area contributed by atoms with Crippen molar-refractivity contribution >= 4 is 116 Å². The van der Waals surface area contributed by atoms with E-state index in [1.807, 2.05) is 195 Å². The van der Waals surface area contributed by atoms with E-state index in [0.717, 1.165) is 154 Å². The smallest absolute Gasteiger partial charge is 0.274 e. The summed E-state index contributed by atoms with van der Waals surface area (Å²) in [4.78, 5) is 114. The minimum atomic E-state index is -0.480. The number of halogens is 6. The van der Waals surface area contributed by atoms with Gasteiger partial charge in [-0.1, -0.05) is 259 Å². The molecule has 0 saturated heterocycles. The molecular formula is C117H142Cl4F2N14O7. The highest BCUT2D eigenvalue weighted by molar-refractivity contribution is 6.36. The van der Waals surface area contributed by atoms with Crippen molar-refractivity contribution < 1.29 is 42.7 Å². The van der Waals surface area contributed by atoms with E-state index in [4.69, 9.17) is 53.0 Å². The van der Waals surface area contributed by atoms with Crippen molar-refractivity contribution in [2.75, 3.05) is 72.0 Å². The second-order valence-electron chi connectivity index (χ2n) is 40.5. The summed E-state index contributed by atoms with van der Waals surface area (Å²) in [6, 6.07) is 41.1. The predicted octanol–water partition coefficient (Wildman–Crippen LogP) is 25.9. The number of aryl methyl sites for hydroxylation is 1. The topological polar surface area (TPSA) is 237 Å².